The summed E-state index contributed by atoms with van der Waals surface area (Å²) in [5.74, 6) is 0.673. The Bertz CT molecular complexity index is 1110. The Morgan fingerprint density at radius 3 is 2.31 bits per heavy atom. The molecule has 0 aliphatic rings. The van der Waals surface area contributed by atoms with Gasteiger partial charge in [-0.25, -0.2) is 0 Å². The zero-order chi connectivity index (χ0) is 25.8. The standard InChI is InChI=1S/C27H31N3O6/c1-3-4-15-35-23-11-7-20(8-12-23)27(33)30(18-24-6-5-16-36-24)19-26(32)28-17-25(31)29-21-9-13-22(34-2)14-10-21/h5-14,16H,3-4,15,17-19H2,1-2H3,(H,28,32)(H,29,31). The van der Waals surface area contributed by atoms with Gasteiger partial charge in [0.05, 0.1) is 33.1 Å². The van der Waals surface area contributed by atoms with Gasteiger partial charge >= 0.3 is 0 Å². The Morgan fingerprint density at radius 2 is 1.67 bits per heavy atom. The van der Waals surface area contributed by atoms with E-state index in [2.05, 4.69) is 17.6 Å². The van der Waals surface area contributed by atoms with Crippen molar-refractivity contribution in [1.29, 1.82) is 0 Å². The molecule has 1 aromatic heterocycles. The summed E-state index contributed by atoms with van der Waals surface area (Å²) in [5, 5.41) is 5.25. The van der Waals surface area contributed by atoms with Crippen LogP contribution in [0.15, 0.2) is 71.3 Å². The molecule has 9 heteroatoms. The molecule has 0 radical (unpaired) electrons. The Hall–Kier alpha value is -4.27. The summed E-state index contributed by atoms with van der Waals surface area (Å²) >= 11 is 0. The summed E-state index contributed by atoms with van der Waals surface area (Å²) in [6.07, 6.45) is 3.48. The molecular weight excluding hydrogens is 462 g/mol. The second kappa shape index (κ2) is 13.6. The molecule has 3 aromatic rings. The molecule has 3 rings (SSSR count). The van der Waals surface area contributed by atoms with Gasteiger partial charge in [0, 0.05) is 11.3 Å². The van der Waals surface area contributed by atoms with Crippen LogP contribution in [0.25, 0.3) is 0 Å². The van der Waals surface area contributed by atoms with Crippen LogP contribution in [0.2, 0.25) is 0 Å². The van der Waals surface area contributed by atoms with Gasteiger partial charge in [-0.15, -0.1) is 0 Å². The van der Waals surface area contributed by atoms with E-state index in [1.165, 1.54) is 11.2 Å². The summed E-state index contributed by atoms with van der Waals surface area (Å²) < 4.78 is 16.1. The van der Waals surface area contributed by atoms with Gasteiger partial charge in [-0.1, -0.05) is 13.3 Å². The van der Waals surface area contributed by atoms with Crippen LogP contribution in [0.1, 0.15) is 35.9 Å². The van der Waals surface area contributed by atoms with Crippen molar-refractivity contribution in [3.05, 3.63) is 78.3 Å². The van der Waals surface area contributed by atoms with E-state index in [1.807, 2.05) is 0 Å². The summed E-state index contributed by atoms with van der Waals surface area (Å²) in [6.45, 7) is 2.32. The van der Waals surface area contributed by atoms with Crippen LogP contribution >= 0.6 is 0 Å². The Labute approximate surface area is 210 Å². The molecular formula is C27H31N3O6. The van der Waals surface area contributed by atoms with Gasteiger partial charge in [0.2, 0.25) is 11.8 Å². The van der Waals surface area contributed by atoms with Gasteiger partial charge in [0.1, 0.15) is 23.8 Å². The number of anilines is 1. The highest BCUT2D eigenvalue weighted by atomic mass is 16.5. The first kappa shape index (κ1) is 26.3. The Kier molecular flexibility index (Phi) is 9.93. The molecule has 0 unspecified atom stereocenters. The number of benzene rings is 2. The van der Waals surface area contributed by atoms with Crippen molar-refractivity contribution in [3.63, 3.8) is 0 Å². The quantitative estimate of drug-likeness (QED) is 0.350. The van der Waals surface area contributed by atoms with E-state index in [1.54, 1.807) is 67.8 Å². The van der Waals surface area contributed by atoms with E-state index in [-0.39, 0.29) is 25.5 Å². The number of amides is 3. The molecule has 1 heterocycles. The molecule has 0 aliphatic heterocycles. The fourth-order valence-corrected chi connectivity index (χ4v) is 3.29. The molecule has 0 fully saturated rings. The Morgan fingerprint density at radius 1 is 0.944 bits per heavy atom. The minimum atomic E-state index is -0.473. The highest BCUT2D eigenvalue weighted by Gasteiger charge is 2.21. The van der Waals surface area contributed by atoms with Gasteiger partial charge in [0.15, 0.2) is 0 Å². The van der Waals surface area contributed by atoms with Crippen molar-refractivity contribution >= 4 is 23.4 Å². The zero-order valence-electron chi connectivity index (χ0n) is 20.5. The number of carbonyl (C=O) groups excluding carboxylic acids is 3. The molecule has 2 aromatic carbocycles. The molecule has 2 N–H and O–H groups in total. The predicted molar refractivity (Wildman–Crippen MR) is 135 cm³/mol. The van der Waals surface area contributed by atoms with Crippen molar-refractivity contribution in [2.24, 2.45) is 0 Å². The minimum absolute atomic E-state index is 0.103. The summed E-state index contributed by atoms with van der Waals surface area (Å²) in [6, 6.07) is 17.1. The van der Waals surface area contributed by atoms with Crippen molar-refractivity contribution < 1.29 is 28.3 Å². The third-order valence-corrected chi connectivity index (χ3v) is 5.24. The predicted octanol–water partition coefficient (Wildman–Crippen LogP) is 3.86. The number of hydrogen-bond donors (Lipinski definition) is 2. The third-order valence-electron chi connectivity index (χ3n) is 5.24. The highest BCUT2D eigenvalue weighted by Crippen LogP contribution is 2.17. The molecule has 0 spiro atoms. The van der Waals surface area contributed by atoms with Gasteiger partial charge in [-0.05, 0) is 67.1 Å². The first-order valence-electron chi connectivity index (χ1n) is 11.7. The topological polar surface area (TPSA) is 110 Å². The van der Waals surface area contributed by atoms with Crippen molar-refractivity contribution in [2.75, 3.05) is 32.1 Å². The molecule has 0 saturated carbocycles. The van der Waals surface area contributed by atoms with E-state index in [0.29, 0.717) is 35.1 Å². The van der Waals surface area contributed by atoms with Crippen molar-refractivity contribution in [3.8, 4) is 11.5 Å². The lowest BCUT2D eigenvalue weighted by molar-refractivity contribution is -0.124. The lowest BCUT2D eigenvalue weighted by atomic mass is 10.2. The number of hydrogen-bond acceptors (Lipinski definition) is 6. The maximum absolute atomic E-state index is 13.2. The number of rotatable bonds is 13. The number of unbranched alkanes of at least 4 members (excludes halogenated alkanes) is 1. The fraction of sp³-hybridized carbons (Fsp3) is 0.296. The molecule has 36 heavy (non-hydrogen) atoms. The molecule has 3 amide bonds. The maximum Gasteiger partial charge on any atom is 0.254 e. The lowest BCUT2D eigenvalue weighted by Crippen LogP contribution is -2.42. The van der Waals surface area contributed by atoms with Gasteiger partial charge < -0.3 is 29.4 Å². The van der Waals surface area contributed by atoms with Crippen LogP contribution in [0, 0.1) is 0 Å². The van der Waals surface area contributed by atoms with Crippen molar-refractivity contribution in [2.45, 2.75) is 26.3 Å². The van der Waals surface area contributed by atoms with Gasteiger partial charge in [0.25, 0.3) is 5.91 Å². The number of furan rings is 1. The van der Waals surface area contributed by atoms with E-state index in [4.69, 9.17) is 13.9 Å². The normalized spacial score (nSPS) is 10.4. The lowest BCUT2D eigenvalue weighted by Gasteiger charge is -2.21. The summed E-state index contributed by atoms with van der Waals surface area (Å²) in [4.78, 5) is 39.4. The number of nitrogens with zero attached hydrogens (tertiary/aromatic N) is 1. The molecule has 0 aliphatic carbocycles. The number of nitrogens with one attached hydrogen (secondary N) is 2. The Balaban J connectivity index is 1.57. The molecule has 0 saturated heterocycles. The molecule has 0 atom stereocenters. The molecule has 190 valence electrons. The number of carbonyl (C=O) groups is 3. The average molecular weight is 494 g/mol. The molecule has 0 bridgehead atoms. The van der Waals surface area contributed by atoms with Crippen LogP contribution in [0.5, 0.6) is 11.5 Å². The number of ether oxygens (including phenoxy) is 2. The van der Waals surface area contributed by atoms with Crippen LogP contribution in [0.4, 0.5) is 5.69 Å². The first-order valence-corrected chi connectivity index (χ1v) is 11.7. The first-order chi connectivity index (χ1) is 17.5. The third kappa shape index (κ3) is 8.19. The smallest absolute Gasteiger partial charge is 0.254 e. The maximum atomic E-state index is 13.2. The monoisotopic (exact) mass is 493 g/mol. The van der Waals surface area contributed by atoms with Crippen molar-refractivity contribution in [1.82, 2.24) is 10.2 Å². The summed E-state index contributed by atoms with van der Waals surface area (Å²) in [7, 11) is 1.56. The van der Waals surface area contributed by atoms with Gasteiger partial charge in [-0.2, -0.15) is 0 Å². The van der Waals surface area contributed by atoms with Crippen LogP contribution in [-0.4, -0.2) is 49.4 Å². The SMILES string of the molecule is CCCCOc1ccc(C(=O)N(CC(=O)NCC(=O)Nc2ccc(OC)cc2)Cc2ccco2)cc1. The average Bonchev–Trinajstić information content (AvgIpc) is 3.41. The zero-order valence-corrected chi connectivity index (χ0v) is 20.5. The van der Waals surface area contributed by atoms with Gasteiger partial charge in [-0.3, -0.25) is 14.4 Å². The second-order valence-electron chi connectivity index (χ2n) is 8.02. The largest absolute Gasteiger partial charge is 0.497 e. The van der Waals surface area contributed by atoms with E-state index in [0.717, 1.165) is 12.8 Å². The fourth-order valence-electron chi connectivity index (χ4n) is 3.29. The van der Waals surface area contributed by atoms with E-state index >= 15 is 0 Å². The molecule has 9 nitrogen and oxygen atoms in total. The second-order valence-corrected chi connectivity index (χ2v) is 8.02. The minimum Gasteiger partial charge on any atom is -0.497 e. The highest BCUT2D eigenvalue weighted by molar-refractivity contribution is 5.98. The van der Waals surface area contributed by atoms with Crippen LogP contribution in [0.3, 0.4) is 0 Å². The summed E-state index contributed by atoms with van der Waals surface area (Å²) in [5.41, 5.74) is 0.987. The van der Waals surface area contributed by atoms with E-state index in [9.17, 15) is 14.4 Å². The van der Waals surface area contributed by atoms with Crippen LogP contribution in [-0.2, 0) is 16.1 Å². The van der Waals surface area contributed by atoms with Crippen LogP contribution < -0.4 is 20.1 Å². The van der Waals surface area contributed by atoms with E-state index < -0.39 is 11.8 Å². The number of methoxy groups -OCH3 is 1.